The summed E-state index contributed by atoms with van der Waals surface area (Å²) in [5, 5.41) is 9.36. The van der Waals surface area contributed by atoms with Gasteiger partial charge in [0.25, 0.3) is 0 Å². The summed E-state index contributed by atoms with van der Waals surface area (Å²) in [7, 11) is 0. The molecule has 192 valence electrons. The third kappa shape index (κ3) is 6.42. The fourth-order valence-electron chi connectivity index (χ4n) is 4.25. The molecule has 0 bridgehead atoms. The highest BCUT2D eigenvalue weighted by Crippen LogP contribution is 2.39. The number of aliphatic carboxylic acids is 1. The van der Waals surface area contributed by atoms with Gasteiger partial charge in [-0.2, -0.15) is 13.2 Å². The molecule has 1 aromatic heterocycles. The molecule has 3 aromatic rings. The Morgan fingerprint density at radius 3 is 2.31 bits per heavy atom. The van der Waals surface area contributed by atoms with Crippen LogP contribution < -0.4 is 4.74 Å². The lowest BCUT2D eigenvalue weighted by atomic mass is 9.90. The fraction of sp³-hybridized carbons (Fsp3) is 0.393. The predicted molar refractivity (Wildman–Crippen MR) is 133 cm³/mol. The molecule has 1 unspecified atom stereocenters. The maximum atomic E-state index is 13.6. The van der Waals surface area contributed by atoms with E-state index in [0.717, 1.165) is 34.7 Å². The Balaban J connectivity index is 1.91. The molecule has 0 aliphatic heterocycles. The van der Waals surface area contributed by atoms with E-state index in [9.17, 15) is 23.1 Å². The van der Waals surface area contributed by atoms with Gasteiger partial charge in [-0.25, -0.2) is 9.97 Å². The molecule has 1 atom stereocenters. The van der Waals surface area contributed by atoms with Crippen molar-refractivity contribution < 1.29 is 27.8 Å². The lowest BCUT2D eigenvalue weighted by Crippen LogP contribution is -2.13. The van der Waals surface area contributed by atoms with Gasteiger partial charge in [0.2, 0.25) is 0 Å². The summed E-state index contributed by atoms with van der Waals surface area (Å²) in [5.74, 6) is -1.22. The van der Waals surface area contributed by atoms with Crippen LogP contribution in [0.1, 0.15) is 57.2 Å². The average Bonchev–Trinajstić information content (AvgIpc) is 2.83. The smallest absolute Gasteiger partial charge is 0.419 e. The zero-order chi connectivity index (χ0) is 26.5. The minimum atomic E-state index is -4.58. The number of carbonyl (C=O) groups is 1. The van der Waals surface area contributed by atoms with Crippen molar-refractivity contribution in [1.29, 1.82) is 0 Å². The summed E-state index contributed by atoms with van der Waals surface area (Å²) in [4.78, 5) is 20.1. The van der Waals surface area contributed by atoms with Crippen molar-refractivity contribution in [2.75, 3.05) is 0 Å². The van der Waals surface area contributed by atoms with Crippen LogP contribution in [0, 0.1) is 5.92 Å². The second-order valence-corrected chi connectivity index (χ2v) is 8.95. The lowest BCUT2D eigenvalue weighted by Gasteiger charge is -2.17. The van der Waals surface area contributed by atoms with Crippen LogP contribution in [0.3, 0.4) is 0 Å². The Morgan fingerprint density at radius 1 is 1.06 bits per heavy atom. The van der Waals surface area contributed by atoms with Crippen molar-refractivity contribution in [3.8, 4) is 28.3 Å². The maximum Gasteiger partial charge on any atom is 0.419 e. The summed E-state index contributed by atoms with van der Waals surface area (Å²) in [6.45, 7) is 7.25. The van der Waals surface area contributed by atoms with Gasteiger partial charge in [-0.15, -0.1) is 0 Å². The van der Waals surface area contributed by atoms with E-state index in [4.69, 9.17) is 4.74 Å². The van der Waals surface area contributed by atoms with Crippen LogP contribution in [0.5, 0.6) is 5.75 Å². The third-order valence-electron chi connectivity index (χ3n) is 6.10. The first kappa shape index (κ1) is 27.2. The van der Waals surface area contributed by atoms with Gasteiger partial charge in [0, 0.05) is 23.5 Å². The number of nitrogens with zero attached hydrogens (tertiary/aromatic N) is 2. The van der Waals surface area contributed by atoms with E-state index in [1.54, 1.807) is 26.2 Å². The highest BCUT2D eigenvalue weighted by atomic mass is 19.4. The molecular formula is C28H31F3N2O3. The Hall–Kier alpha value is -3.42. The molecule has 0 saturated carbocycles. The molecular weight excluding hydrogens is 469 g/mol. The normalized spacial score (nSPS) is 12.6. The number of hydrogen-bond donors (Lipinski definition) is 1. The van der Waals surface area contributed by atoms with Crippen LogP contribution in [0.15, 0.2) is 48.8 Å². The first-order valence-corrected chi connectivity index (χ1v) is 12.1. The molecule has 0 spiro atoms. The van der Waals surface area contributed by atoms with E-state index in [-0.39, 0.29) is 23.1 Å². The van der Waals surface area contributed by atoms with Gasteiger partial charge < -0.3 is 9.84 Å². The van der Waals surface area contributed by atoms with E-state index < -0.39 is 23.8 Å². The van der Waals surface area contributed by atoms with Gasteiger partial charge in [-0.1, -0.05) is 32.0 Å². The van der Waals surface area contributed by atoms with E-state index in [1.807, 2.05) is 32.0 Å². The summed E-state index contributed by atoms with van der Waals surface area (Å²) < 4.78 is 46.2. The number of halogens is 3. The highest BCUT2D eigenvalue weighted by Gasteiger charge is 2.35. The molecule has 8 heteroatoms. The average molecular weight is 501 g/mol. The summed E-state index contributed by atoms with van der Waals surface area (Å²) in [6.07, 6.45) is 0.760. The Kier molecular flexibility index (Phi) is 8.71. The van der Waals surface area contributed by atoms with Crippen molar-refractivity contribution in [3.05, 3.63) is 65.5 Å². The third-order valence-corrected chi connectivity index (χ3v) is 6.10. The number of aromatic nitrogens is 2. The molecule has 1 heterocycles. The first-order chi connectivity index (χ1) is 17.0. The fourth-order valence-corrected chi connectivity index (χ4v) is 4.25. The highest BCUT2D eigenvalue weighted by molar-refractivity contribution is 5.71. The Morgan fingerprint density at radius 2 is 1.75 bits per heavy atom. The topological polar surface area (TPSA) is 72.3 Å². The number of benzene rings is 2. The monoisotopic (exact) mass is 500 g/mol. The van der Waals surface area contributed by atoms with Crippen LogP contribution in [0.4, 0.5) is 13.2 Å². The SMILES string of the molecule is CCc1c(CCC(CC)C(=O)O)cccc1-c1cnc(-c2ccc(OC(C)C)c(C(F)(F)F)c2)nc1. The van der Waals surface area contributed by atoms with Gasteiger partial charge in [-0.05, 0) is 74.4 Å². The van der Waals surface area contributed by atoms with Crippen LogP contribution in [-0.2, 0) is 23.8 Å². The van der Waals surface area contributed by atoms with Crippen molar-refractivity contribution in [1.82, 2.24) is 9.97 Å². The standard InChI is InChI=1S/C28H31F3N2O3/c1-5-18(27(34)35)10-11-19-8-7-9-23(22(19)6-2)21-15-32-26(33-16-21)20-12-13-25(36-17(3)4)24(14-20)28(29,30)31/h7-9,12-18H,5-6,10-11H2,1-4H3,(H,34,35). The number of aryl methyl sites for hydroxylation is 1. The number of alkyl halides is 3. The van der Waals surface area contributed by atoms with Crippen molar-refractivity contribution in [3.63, 3.8) is 0 Å². The molecule has 2 aromatic carbocycles. The minimum absolute atomic E-state index is 0.182. The molecule has 0 saturated heterocycles. The first-order valence-electron chi connectivity index (χ1n) is 12.1. The molecule has 0 radical (unpaired) electrons. The van der Waals surface area contributed by atoms with Gasteiger partial charge in [0.15, 0.2) is 5.82 Å². The number of ether oxygens (including phenoxy) is 1. The van der Waals surface area contributed by atoms with Crippen molar-refractivity contribution in [2.24, 2.45) is 5.92 Å². The van der Waals surface area contributed by atoms with Crippen molar-refractivity contribution >= 4 is 5.97 Å². The Bertz CT molecular complexity index is 1190. The van der Waals surface area contributed by atoms with Crippen LogP contribution in [0.25, 0.3) is 22.5 Å². The maximum absolute atomic E-state index is 13.6. The lowest BCUT2D eigenvalue weighted by molar-refractivity contribution is -0.142. The largest absolute Gasteiger partial charge is 0.490 e. The van der Waals surface area contributed by atoms with E-state index in [0.29, 0.717) is 19.3 Å². The number of carboxylic acids is 1. The number of rotatable bonds is 10. The van der Waals surface area contributed by atoms with E-state index in [1.165, 1.54) is 12.1 Å². The summed E-state index contributed by atoms with van der Waals surface area (Å²) >= 11 is 0. The molecule has 0 aliphatic rings. The summed E-state index contributed by atoms with van der Waals surface area (Å²) in [6, 6.07) is 9.71. The van der Waals surface area contributed by atoms with Gasteiger partial charge >= 0.3 is 12.1 Å². The zero-order valence-electron chi connectivity index (χ0n) is 20.9. The summed E-state index contributed by atoms with van der Waals surface area (Å²) in [5.41, 5.74) is 3.22. The molecule has 1 N–H and O–H groups in total. The van der Waals surface area contributed by atoms with Crippen LogP contribution in [-0.4, -0.2) is 27.1 Å². The van der Waals surface area contributed by atoms with E-state index in [2.05, 4.69) is 9.97 Å². The van der Waals surface area contributed by atoms with Gasteiger partial charge in [-0.3, -0.25) is 4.79 Å². The molecule has 0 fully saturated rings. The van der Waals surface area contributed by atoms with Crippen LogP contribution in [0.2, 0.25) is 0 Å². The molecule has 0 aliphatic carbocycles. The second-order valence-electron chi connectivity index (χ2n) is 8.95. The van der Waals surface area contributed by atoms with Gasteiger partial charge in [0.05, 0.1) is 17.6 Å². The molecule has 3 rings (SSSR count). The molecule has 0 amide bonds. The van der Waals surface area contributed by atoms with Crippen molar-refractivity contribution in [2.45, 2.75) is 65.7 Å². The number of hydrogen-bond acceptors (Lipinski definition) is 4. The van der Waals surface area contributed by atoms with E-state index >= 15 is 0 Å². The van der Waals surface area contributed by atoms with Gasteiger partial charge in [0.1, 0.15) is 5.75 Å². The predicted octanol–water partition coefficient (Wildman–Crippen LogP) is 7.22. The number of carboxylic acid groups (broad SMARTS) is 1. The van der Waals surface area contributed by atoms with Crippen LogP contribution >= 0.6 is 0 Å². The Labute approximate surface area is 209 Å². The minimum Gasteiger partial charge on any atom is -0.490 e. The molecule has 5 nitrogen and oxygen atoms in total. The quantitative estimate of drug-likeness (QED) is 0.318. The molecule has 36 heavy (non-hydrogen) atoms. The zero-order valence-corrected chi connectivity index (χ0v) is 20.9. The second kappa shape index (κ2) is 11.5.